The summed E-state index contributed by atoms with van der Waals surface area (Å²) in [5, 5.41) is 11.1. The second-order valence-electron chi connectivity index (χ2n) is 5.07. The SMILES string of the molecule is O=C(O)C1CC2CCC1N2C(=O)C=Cc1cccs1. The van der Waals surface area contributed by atoms with E-state index in [-0.39, 0.29) is 23.9 Å². The number of carbonyl (C=O) groups is 2. The Bertz CT molecular complexity index is 523. The summed E-state index contributed by atoms with van der Waals surface area (Å²) in [7, 11) is 0. The zero-order valence-corrected chi connectivity index (χ0v) is 11.2. The molecule has 3 heterocycles. The van der Waals surface area contributed by atoms with E-state index in [2.05, 4.69) is 0 Å². The number of thiophene rings is 1. The van der Waals surface area contributed by atoms with Crippen LogP contribution in [0.25, 0.3) is 6.08 Å². The summed E-state index contributed by atoms with van der Waals surface area (Å²) < 4.78 is 0. The standard InChI is InChI=1S/C14H15NO3S/c16-13(6-4-10-2-1-7-19-10)15-9-3-5-12(15)11(8-9)14(17)18/h1-2,4,6-7,9,11-12H,3,5,8H2,(H,17,18). The zero-order chi connectivity index (χ0) is 13.4. The highest BCUT2D eigenvalue weighted by Gasteiger charge is 2.50. The van der Waals surface area contributed by atoms with Crippen molar-refractivity contribution >= 4 is 29.3 Å². The van der Waals surface area contributed by atoms with Crippen molar-refractivity contribution in [3.8, 4) is 0 Å². The van der Waals surface area contributed by atoms with Crippen LogP contribution in [0.3, 0.4) is 0 Å². The fraction of sp³-hybridized carbons (Fsp3) is 0.429. The van der Waals surface area contributed by atoms with Gasteiger partial charge < -0.3 is 10.0 Å². The number of fused-ring (bicyclic) bond motifs is 2. The van der Waals surface area contributed by atoms with Crippen LogP contribution in [0.4, 0.5) is 0 Å². The largest absolute Gasteiger partial charge is 0.481 e. The first-order chi connectivity index (χ1) is 9.16. The van der Waals surface area contributed by atoms with Crippen LogP contribution in [0.2, 0.25) is 0 Å². The molecule has 0 aliphatic carbocycles. The minimum atomic E-state index is -0.771. The Morgan fingerprint density at radius 2 is 2.26 bits per heavy atom. The van der Waals surface area contributed by atoms with E-state index in [4.69, 9.17) is 5.11 Å². The lowest BCUT2D eigenvalue weighted by Crippen LogP contribution is -2.36. The molecule has 2 fully saturated rings. The van der Waals surface area contributed by atoms with Crippen molar-refractivity contribution in [2.24, 2.45) is 5.92 Å². The first-order valence-corrected chi connectivity index (χ1v) is 7.31. The van der Waals surface area contributed by atoms with Crippen molar-refractivity contribution in [3.63, 3.8) is 0 Å². The normalized spacial score (nSPS) is 29.3. The third kappa shape index (κ3) is 2.18. The fourth-order valence-corrected chi connectivity index (χ4v) is 3.84. The van der Waals surface area contributed by atoms with Gasteiger partial charge in [-0.25, -0.2) is 0 Å². The summed E-state index contributed by atoms with van der Waals surface area (Å²) in [6.07, 6.45) is 5.74. The number of nitrogens with zero attached hydrogens (tertiary/aromatic N) is 1. The Morgan fingerprint density at radius 1 is 1.42 bits per heavy atom. The molecule has 2 bridgehead atoms. The molecule has 3 unspecified atom stereocenters. The summed E-state index contributed by atoms with van der Waals surface area (Å²) >= 11 is 1.58. The maximum absolute atomic E-state index is 12.2. The molecule has 19 heavy (non-hydrogen) atoms. The monoisotopic (exact) mass is 277 g/mol. The molecule has 0 radical (unpaired) electrons. The number of aliphatic carboxylic acids is 1. The second kappa shape index (κ2) is 4.81. The minimum Gasteiger partial charge on any atom is -0.481 e. The molecule has 1 N–H and O–H groups in total. The van der Waals surface area contributed by atoms with Crippen LogP contribution < -0.4 is 0 Å². The van der Waals surface area contributed by atoms with Crippen molar-refractivity contribution in [1.29, 1.82) is 0 Å². The maximum Gasteiger partial charge on any atom is 0.308 e. The van der Waals surface area contributed by atoms with Gasteiger partial charge in [-0.05, 0) is 36.8 Å². The highest BCUT2D eigenvalue weighted by atomic mass is 32.1. The summed E-state index contributed by atoms with van der Waals surface area (Å²) in [5.74, 6) is -1.20. The molecule has 2 aliphatic rings. The Hall–Kier alpha value is -1.62. The van der Waals surface area contributed by atoms with Crippen molar-refractivity contribution in [2.75, 3.05) is 0 Å². The summed E-state index contributed by atoms with van der Waals surface area (Å²) in [6.45, 7) is 0. The van der Waals surface area contributed by atoms with Gasteiger partial charge in [0.2, 0.25) is 5.91 Å². The number of amides is 1. The molecule has 1 amide bonds. The van der Waals surface area contributed by atoms with Crippen LogP contribution >= 0.6 is 11.3 Å². The van der Waals surface area contributed by atoms with Gasteiger partial charge in [0, 0.05) is 23.0 Å². The molecular weight excluding hydrogens is 262 g/mol. The van der Waals surface area contributed by atoms with Crippen LogP contribution in [-0.4, -0.2) is 34.0 Å². The lowest BCUT2D eigenvalue weighted by molar-refractivity contribution is -0.143. The van der Waals surface area contributed by atoms with E-state index in [1.54, 1.807) is 28.4 Å². The zero-order valence-electron chi connectivity index (χ0n) is 10.4. The minimum absolute atomic E-state index is 0.0512. The van der Waals surface area contributed by atoms with Crippen molar-refractivity contribution in [1.82, 2.24) is 4.90 Å². The number of hydrogen-bond acceptors (Lipinski definition) is 3. The number of carboxylic acid groups (broad SMARTS) is 1. The molecule has 0 saturated carbocycles. The highest BCUT2D eigenvalue weighted by Crippen LogP contribution is 2.41. The molecule has 2 saturated heterocycles. The molecule has 1 aromatic rings. The number of hydrogen-bond donors (Lipinski definition) is 1. The summed E-state index contributed by atoms with van der Waals surface area (Å²) in [6, 6.07) is 3.90. The third-order valence-corrected chi connectivity index (χ3v) is 4.88. The predicted octanol–water partition coefficient (Wildman–Crippen LogP) is 2.23. The lowest BCUT2D eigenvalue weighted by atomic mass is 9.89. The Morgan fingerprint density at radius 3 is 2.89 bits per heavy atom. The number of rotatable bonds is 3. The molecule has 5 heteroatoms. The quantitative estimate of drug-likeness (QED) is 0.862. The maximum atomic E-state index is 12.2. The molecular formula is C14H15NO3S. The predicted molar refractivity (Wildman–Crippen MR) is 72.8 cm³/mol. The highest BCUT2D eigenvalue weighted by molar-refractivity contribution is 7.10. The molecule has 100 valence electrons. The first kappa shape index (κ1) is 12.4. The van der Waals surface area contributed by atoms with Crippen LogP contribution in [0.1, 0.15) is 24.1 Å². The van der Waals surface area contributed by atoms with Gasteiger partial charge >= 0.3 is 5.97 Å². The van der Waals surface area contributed by atoms with Gasteiger partial charge in [-0.15, -0.1) is 11.3 Å². The average molecular weight is 277 g/mol. The van der Waals surface area contributed by atoms with E-state index in [0.717, 1.165) is 17.7 Å². The first-order valence-electron chi connectivity index (χ1n) is 6.43. The van der Waals surface area contributed by atoms with Crippen LogP contribution in [0, 0.1) is 5.92 Å². The Balaban J connectivity index is 1.73. The van der Waals surface area contributed by atoms with Crippen LogP contribution in [0.15, 0.2) is 23.6 Å². The molecule has 2 aliphatic heterocycles. The average Bonchev–Trinajstić information content (AvgIpc) is 3.11. The molecule has 3 rings (SSSR count). The van der Waals surface area contributed by atoms with Gasteiger partial charge in [0.05, 0.1) is 5.92 Å². The number of carbonyl (C=O) groups excluding carboxylic acids is 1. The molecule has 3 atom stereocenters. The van der Waals surface area contributed by atoms with Gasteiger partial charge in [0.15, 0.2) is 0 Å². The van der Waals surface area contributed by atoms with Crippen molar-refractivity contribution in [3.05, 3.63) is 28.5 Å². The van der Waals surface area contributed by atoms with E-state index >= 15 is 0 Å². The smallest absolute Gasteiger partial charge is 0.308 e. The van der Waals surface area contributed by atoms with Gasteiger partial charge in [0.1, 0.15) is 0 Å². The van der Waals surface area contributed by atoms with E-state index in [1.165, 1.54) is 0 Å². The van der Waals surface area contributed by atoms with Crippen molar-refractivity contribution in [2.45, 2.75) is 31.3 Å². The van der Waals surface area contributed by atoms with Gasteiger partial charge in [-0.3, -0.25) is 9.59 Å². The molecule has 0 aromatic carbocycles. The Kier molecular flexibility index (Phi) is 3.14. The third-order valence-electron chi connectivity index (χ3n) is 4.04. The van der Waals surface area contributed by atoms with Gasteiger partial charge in [-0.1, -0.05) is 6.07 Å². The second-order valence-corrected chi connectivity index (χ2v) is 6.05. The van der Waals surface area contributed by atoms with Crippen molar-refractivity contribution < 1.29 is 14.7 Å². The summed E-state index contributed by atoms with van der Waals surface area (Å²) in [4.78, 5) is 26.2. The topological polar surface area (TPSA) is 57.6 Å². The molecule has 4 nitrogen and oxygen atoms in total. The lowest BCUT2D eigenvalue weighted by Gasteiger charge is -2.21. The van der Waals surface area contributed by atoms with E-state index in [1.807, 2.05) is 17.5 Å². The van der Waals surface area contributed by atoms with E-state index in [9.17, 15) is 9.59 Å². The van der Waals surface area contributed by atoms with Gasteiger partial charge in [-0.2, -0.15) is 0 Å². The van der Waals surface area contributed by atoms with E-state index in [0.29, 0.717) is 6.42 Å². The fourth-order valence-electron chi connectivity index (χ4n) is 3.22. The summed E-state index contributed by atoms with van der Waals surface area (Å²) in [5.41, 5.74) is 0. The molecule has 0 spiro atoms. The Labute approximate surface area is 115 Å². The van der Waals surface area contributed by atoms with E-state index < -0.39 is 5.97 Å². The van der Waals surface area contributed by atoms with Gasteiger partial charge in [0.25, 0.3) is 0 Å². The van der Waals surface area contributed by atoms with Crippen LogP contribution in [0.5, 0.6) is 0 Å². The number of carboxylic acids is 1. The van der Waals surface area contributed by atoms with Crippen LogP contribution in [-0.2, 0) is 9.59 Å². The molecule has 1 aromatic heterocycles.